The van der Waals surface area contributed by atoms with Crippen LogP contribution in [0.25, 0.3) is 0 Å². The van der Waals surface area contributed by atoms with Crippen molar-refractivity contribution in [3.63, 3.8) is 0 Å². The Morgan fingerprint density at radius 1 is 0.778 bits per heavy atom. The molecular formula is C16H35N7O4. The van der Waals surface area contributed by atoms with Gasteiger partial charge in [-0.1, -0.05) is 0 Å². The first-order chi connectivity index (χ1) is 12.8. The Kier molecular flexibility index (Phi) is 14.3. The number of hydrogen-bond donors (Lipinski definition) is 5. The van der Waals surface area contributed by atoms with Crippen LogP contribution in [-0.4, -0.2) is 97.5 Å². The van der Waals surface area contributed by atoms with E-state index in [2.05, 4.69) is 20.7 Å². The summed E-state index contributed by atoms with van der Waals surface area (Å²) in [4.78, 5) is 39.2. The highest BCUT2D eigenvalue weighted by Gasteiger charge is 2.11. The lowest BCUT2D eigenvalue weighted by Gasteiger charge is -2.27. The average molecular weight is 390 g/mol. The number of carboxylic acids is 1. The van der Waals surface area contributed by atoms with Crippen LogP contribution >= 0.6 is 0 Å². The van der Waals surface area contributed by atoms with Crippen LogP contribution in [-0.2, 0) is 14.4 Å². The van der Waals surface area contributed by atoms with Crippen molar-refractivity contribution in [2.45, 2.75) is 25.7 Å². The van der Waals surface area contributed by atoms with E-state index in [0.717, 1.165) is 32.6 Å². The number of nitrogens with zero attached hydrogens (tertiary/aromatic N) is 3. The number of rotatable bonds is 16. The van der Waals surface area contributed by atoms with Gasteiger partial charge in [0.25, 0.3) is 0 Å². The fourth-order valence-corrected chi connectivity index (χ4v) is 2.50. The van der Waals surface area contributed by atoms with Gasteiger partial charge in [-0.3, -0.25) is 30.1 Å². The molecule has 27 heavy (non-hydrogen) atoms. The molecular weight excluding hydrogens is 354 g/mol. The van der Waals surface area contributed by atoms with Crippen molar-refractivity contribution in [3.05, 3.63) is 0 Å². The number of aliphatic carboxylic acids is 1. The highest BCUT2D eigenvalue weighted by atomic mass is 16.4. The third-order valence-corrected chi connectivity index (χ3v) is 4.14. The predicted octanol–water partition coefficient (Wildman–Crippen LogP) is -2.22. The van der Waals surface area contributed by atoms with Gasteiger partial charge in [-0.25, -0.2) is 11.7 Å². The molecule has 0 spiro atoms. The van der Waals surface area contributed by atoms with Crippen LogP contribution in [0.15, 0.2) is 0 Å². The number of carbonyl (C=O) groups is 3. The maximum Gasteiger partial charge on any atom is 0.317 e. The molecule has 0 bridgehead atoms. The maximum atomic E-state index is 11.3. The zero-order valence-corrected chi connectivity index (χ0v) is 16.4. The number of amides is 2. The lowest BCUT2D eigenvalue weighted by atomic mass is 10.2. The number of nitrogens with one attached hydrogen (secondary N) is 2. The Morgan fingerprint density at radius 3 is 1.74 bits per heavy atom. The number of carbonyl (C=O) groups excluding carboxylic acids is 2. The lowest BCUT2D eigenvalue weighted by molar-refractivity contribution is -0.138. The van der Waals surface area contributed by atoms with Crippen LogP contribution in [0.1, 0.15) is 25.7 Å². The zero-order chi connectivity index (χ0) is 20.7. The zero-order valence-electron chi connectivity index (χ0n) is 16.4. The van der Waals surface area contributed by atoms with Crippen molar-refractivity contribution >= 4 is 17.8 Å². The van der Waals surface area contributed by atoms with Gasteiger partial charge in [-0.05, 0) is 40.0 Å². The maximum absolute atomic E-state index is 11.3. The van der Waals surface area contributed by atoms with Gasteiger partial charge < -0.3 is 14.9 Å². The second kappa shape index (κ2) is 15.3. The van der Waals surface area contributed by atoms with Crippen molar-refractivity contribution in [2.75, 3.05) is 59.9 Å². The summed E-state index contributed by atoms with van der Waals surface area (Å²) in [5.41, 5.74) is 4.23. The van der Waals surface area contributed by atoms with Gasteiger partial charge in [0.15, 0.2) is 0 Å². The summed E-state index contributed by atoms with van der Waals surface area (Å²) >= 11 is 0. The van der Waals surface area contributed by atoms with E-state index in [1.807, 2.05) is 7.05 Å². The molecule has 0 rings (SSSR count). The van der Waals surface area contributed by atoms with E-state index in [4.69, 9.17) is 16.8 Å². The Morgan fingerprint density at radius 2 is 1.26 bits per heavy atom. The van der Waals surface area contributed by atoms with E-state index >= 15 is 0 Å². The number of likely N-dealkylation sites (N-methyl/N-ethyl adjacent to an activating group) is 2. The number of hydrogen-bond acceptors (Lipinski definition) is 8. The van der Waals surface area contributed by atoms with Gasteiger partial charge in [-0.15, -0.1) is 0 Å². The van der Waals surface area contributed by atoms with Crippen molar-refractivity contribution in [3.8, 4) is 0 Å². The quantitative estimate of drug-likeness (QED) is 0.112. The first-order valence-electron chi connectivity index (χ1n) is 9.08. The molecule has 0 atom stereocenters. The van der Waals surface area contributed by atoms with Gasteiger partial charge >= 0.3 is 5.97 Å². The number of nitrogens with two attached hydrogens (primary N) is 2. The minimum absolute atomic E-state index is 0.00741. The van der Waals surface area contributed by atoms with Crippen LogP contribution < -0.4 is 22.5 Å². The highest BCUT2D eigenvalue weighted by Crippen LogP contribution is 1.99. The smallest absolute Gasteiger partial charge is 0.317 e. The summed E-state index contributed by atoms with van der Waals surface area (Å²) in [6.45, 7) is 4.40. The Hall–Kier alpha value is -1.79. The summed E-state index contributed by atoms with van der Waals surface area (Å²) < 4.78 is 0. The third kappa shape index (κ3) is 15.0. The lowest BCUT2D eigenvalue weighted by Crippen LogP contribution is -2.40. The Labute approximate surface area is 160 Å². The summed E-state index contributed by atoms with van der Waals surface area (Å²) in [5, 5.41) is 8.84. The van der Waals surface area contributed by atoms with Crippen molar-refractivity contribution in [2.24, 2.45) is 11.7 Å². The Balaban J connectivity index is 4.31. The van der Waals surface area contributed by atoms with Gasteiger partial charge in [0, 0.05) is 39.0 Å². The second-order valence-corrected chi connectivity index (χ2v) is 6.62. The molecule has 0 fully saturated rings. The van der Waals surface area contributed by atoms with E-state index < -0.39 is 5.97 Å². The molecule has 11 nitrogen and oxygen atoms in total. The topological polar surface area (TPSA) is 157 Å². The van der Waals surface area contributed by atoms with Crippen LogP contribution in [0, 0.1) is 0 Å². The number of hydrazine groups is 2. The fraction of sp³-hybridized carbons (Fsp3) is 0.812. The van der Waals surface area contributed by atoms with E-state index in [9.17, 15) is 14.4 Å². The van der Waals surface area contributed by atoms with Crippen LogP contribution in [0.4, 0.5) is 0 Å². The van der Waals surface area contributed by atoms with Gasteiger partial charge in [0.1, 0.15) is 0 Å². The molecule has 0 saturated carbocycles. The van der Waals surface area contributed by atoms with E-state index in [1.165, 1.54) is 0 Å². The third-order valence-electron chi connectivity index (χ3n) is 4.14. The summed E-state index contributed by atoms with van der Waals surface area (Å²) in [7, 11) is 3.75. The number of carboxylic acid groups (broad SMARTS) is 1. The van der Waals surface area contributed by atoms with E-state index in [1.54, 1.807) is 11.9 Å². The minimum Gasteiger partial charge on any atom is -0.480 e. The molecule has 0 aromatic rings. The van der Waals surface area contributed by atoms with Crippen molar-refractivity contribution < 1.29 is 19.5 Å². The normalized spacial score (nSPS) is 11.2. The molecule has 0 aromatic heterocycles. The molecule has 2 amide bonds. The van der Waals surface area contributed by atoms with E-state index in [-0.39, 0.29) is 18.4 Å². The first kappa shape index (κ1) is 25.2. The second-order valence-electron chi connectivity index (χ2n) is 6.62. The van der Waals surface area contributed by atoms with Crippen LogP contribution in [0.2, 0.25) is 0 Å². The molecule has 0 heterocycles. The van der Waals surface area contributed by atoms with Gasteiger partial charge in [0.2, 0.25) is 11.8 Å². The first-order valence-corrected chi connectivity index (χ1v) is 9.08. The molecule has 158 valence electrons. The standard InChI is InChI=1S/C16H35N7O4/c1-21(7-3-5-14(24)19-17)9-11-23(8-4-6-15(25)20-18)12-10-22(2)13-16(26)27/h3-13,17-18H2,1-2H3,(H,19,24)(H,20,25)(H,26,27). The molecule has 0 aliphatic rings. The molecule has 0 aliphatic heterocycles. The molecule has 0 aromatic carbocycles. The predicted molar refractivity (Wildman–Crippen MR) is 102 cm³/mol. The van der Waals surface area contributed by atoms with Gasteiger partial charge in [0.05, 0.1) is 6.54 Å². The van der Waals surface area contributed by atoms with Crippen LogP contribution in [0.3, 0.4) is 0 Å². The van der Waals surface area contributed by atoms with E-state index in [0.29, 0.717) is 32.4 Å². The molecule has 7 N–H and O–H groups in total. The minimum atomic E-state index is -0.857. The molecule has 0 unspecified atom stereocenters. The summed E-state index contributed by atoms with van der Waals surface area (Å²) in [5.74, 6) is 8.91. The SMILES string of the molecule is CN(CCCC(=O)NN)CCN(CCCC(=O)NN)CCN(C)CC(=O)O. The molecule has 0 saturated heterocycles. The summed E-state index contributed by atoms with van der Waals surface area (Å²) in [6.07, 6.45) is 2.13. The monoisotopic (exact) mass is 389 g/mol. The summed E-state index contributed by atoms with van der Waals surface area (Å²) in [6, 6.07) is 0. The van der Waals surface area contributed by atoms with Crippen molar-refractivity contribution in [1.82, 2.24) is 25.6 Å². The van der Waals surface area contributed by atoms with Crippen molar-refractivity contribution in [1.29, 1.82) is 0 Å². The largest absolute Gasteiger partial charge is 0.480 e. The molecule has 11 heteroatoms. The fourth-order valence-electron chi connectivity index (χ4n) is 2.50. The van der Waals surface area contributed by atoms with Crippen LogP contribution in [0.5, 0.6) is 0 Å². The molecule has 0 aliphatic carbocycles. The van der Waals surface area contributed by atoms with Gasteiger partial charge in [-0.2, -0.15) is 0 Å². The average Bonchev–Trinajstić information content (AvgIpc) is 2.62. The Bertz CT molecular complexity index is 450. The molecule has 0 radical (unpaired) electrons. The highest BCUT2D eigenvalue weighted by molar-refractivity contribution is 5.75.